The van der Waals surface area contributed by atoms with Gasteiger partial charge in [0.1, 0.15) is 6.61 Å². The first-order valence-electron chi connectivity index (χ1n) is 4.20. The number of esters is 1. The molecule has 0 spiro atoms. The third-order valence-electron chi connectivity index (χ3n) is 1.55. The highest BCUT2D eigenvalue weighted by atomic mass is 19.1. The van der Waals surface area contributed by atoms with Gasteiger partial charge in [0.2, 0.25) is 0 Å². The van der Waals surface area contributed by atoms with Gasteiger partial charge in [-0.1, -0.05) is 18.2 Å². The molecule has 1 rings (SSSR count). The minimum absolute atomic E-state index is 0.0671. The first-order valence-corrected chi connectivity index (χ1v) is 4.20. The van der Waals surface area contributed by atoms with Gasteiger partial charge in [-0.25, -0.2) is 9.18 Å². The monoisotopic (exact) mass is 198 g/mol. The molecule has 0 atom stereocenters. The molecule has 3 nitrogen and oxygen atoms in total. The Labute approximate surface area is 81.4 Å². The Morgan fingerprint density at radius 3 is 2.57 bits per heavy atom. The molecule has 4 heteroatoms. The van der Waals surface area contributed by atoms with Crippen LogP contribution in [0.4, 0.5) is 4.39 Å². The van der Waals surface area contributed by atoms with Crippen LogP contribution in [0, 0.1) is 0 Å². The SMILES string of the molecule is O=C(OCCOCF)c1ccccc1. The van der Waals surface area contributed by atoms with E-state index in [9.17, 15) is 9.18 Å². The third-order valence-corrected chi connectivity index (χ3v) is 1.55. The summed E-state index contributed by atoms with van der Waals surface area (Å²) in [6, 6.07) is 8.60. The third kappa shape index (κ3) is 3.53. The molecule has 0 heterocycles. The van der Waals surface area contributed by atoms with Gasteiger partial charge in [-0.2, -0.15) is 0 Å². The van der Waals surface area contributed by atoms with Gasteiger partial charge in [0.15, 0.2) is 6.86 Å². The number of rotatable bonds is 5. The molecule has 14 heavy (non-hydrogen) atoms. The van der Waals surface area contributed by atoms with Crippen molar-refractivity contribution in [2.24, 2.45) is 0 Å². The molecule has 0 N–H and O–H groups in total. The lowest BCUT2D eigenvalue weighted by Gasteiger charge is -2.03. The Bertz CT molecular complexity index is 274. The fourth-order valence-corrected chi connectivity index (χ4v) is 0.905. The summed E-state index contributed by atoms with van der Waals surface area (Å²) in [5, 5.41) is 0. The van der Waals surface area contributed by atoms with Gasteiger partial charge >= 0.3 is 5.97 Å². The van der Waals surface area contributed by atoms with E-state index in [1.165, 1.54) is 0 Å². The lowest BCUT2D eigenvalue weighted by molar-refractivity contribution is 0.0111. The molecular formula is C10H11FO3. The van der Waals surface area contributed by atoms with Crippen LogP contribution in [0.25, 0.3) is 0 Å². The van der Waals surface area contributed by atoms with E-state index in [2.05, 4.69) is 4.74 Å². The fraction of sp³-hybridized carbons (Fsp3) is 0.300. The molecular weight excluding hydrogens is 187 g/mol. The molecule has 0 aromatic heterocycles. The summed E-state index contributed by atoms with van der Waals surface area (Å²) in [5.74, 6) is -0.423. The topological polar surface area (TPSA) is 35.5 Å². The van der Waals surface area contributed by atoms with Gasteiger partial charge in [-0.15, -0.1) is 0 Å². The zero-order chi connectivity index (χ0) is 10.2. The van der Waals surface area contributed by atoms with Crippen LogP contribution in [-0.2, 0) is 9.47 Å². The second-order valence-corrected chi connectivity index (χ2v) is 2.52. The Morgan fingerprint density at radius 1 is 1.21 bits per heavy atom. The van der Waals surface area contributed by atoms with Crippen LogP contribution in [0.3, 0.4) is 0 Å². The first kappa shape index (κ1) is 10.7. The Morgan fingerprint density at radius 2 is 1.93 bits per heavy atom. The number of hydrogen-bond acceptors (Lipinski definition) is 3. The average Bonchev–Trinajstić information content (AvgIpc) is 2.25. The van der Waals surface area contributed by atoms with Crippen LogP contribution >= 0.6 is 0 Å². The minimum Gasteiger partial charge on any atom is -0.460 e. The second kappa shape index (κ2) is 6.10. The maximum absolute atomic E-state index is 11.5. The van der Waals surface area contributed by atoms with Crippen LogP contribution in [0.2, 0.25) is 0 Å². The summed E-state index contributed by atoms with van der Waals surface area (Å²) in [7, 11) is 0. The number of hydrogen-bond donors (Lipinski definition) is 0. The Kier molecular flexibility index (Phi) is 4.64. The van der Waals surface area contributed by atoms with E-state index < -0.39 is 12.8 Å². The lowest BCUT2D eigenvalue weighted by Crippen LogP contribution is -2.10. The van der Waals surface area contributed by atoms with Crippen molar-refractivity contribution in [2.75, 3.05) is 20.1 Å². The van der Waals surface area contributed by atoms with Gasteiger partial charge in [0, 0.05) is 0 Å². The largest absolute Gasteiger partial charge is 0.460 e. The molecule has 0 fully saturated rings. The molecule has 1 aromatic rings. The summed E-state index contributed by atoms with van der Waals surface area (Å²) < 4.78 is 20.7. The molecule has 0 aliphatic heterocycles. The highest BCUT2D eigenvalue weighted by Gasteiger charge is 2.04. The summed E-state index contributed by atoms with van der Waals surface area (Å²) in [4.78, 5) is 11.2. The highest BCUT2D eigenvalue weighted by molar-refractivity contribution is 5.89. The van der Waals surface area contributed by atoms with E-state index in [1.807, 2.05) is 6.07 Å². The van der Waals surface area contributed by atoms with E-state index in [0.717, 1.165) is 0 Å². The van der Waals surface area contributed by atoms with Crippen molar-refractivity contribution in [1.82, 2.24) is 0 Å². The number of carbonyl (C=O) groups excluding carboxylic acids is 1. The molecule has 0 bridgehead atoms. The van der Waals surface area contributed by atoms with Gasteiger partial charge in [0.25, 0.3) is 0 Å². The zero-order valence-corrected chi connectivity index (χ0v) is 7.61. The quantitative estimate of drug-likeness (QED) is 0.534. The standard InChI is InChI=1S/C10H11FO3/c11-8-13-6-7-14-10(12)9-4-2-1-3-5-9/h1-5H,6-8H2. The van der Waals surface area contributed by atoms with E-state index in [1.54, 1.807) is 24.3 Å². The molecule has 0 amide bonds. The number of alkyl halides is 1. The van der Waals surface area contributed by atoms with Crippen LogP contribution in [0.15, 0.2) is 30.3 Å². The van der Waals surface area contributed by atoms with Crippen molar-refractivity contribution in [2.45, 2.75) is 0 Å². The molecule has 0 radical (unpaired) electrons. The van der Waals surface area contributed by atoms with Crippen molar-refractivity contribution in [1.29, 1.82) is 0 Å². The predicted octanol–water partition coefficient (Wildman–Crippen LogP) is 1.79. The van der Waals surface area contributed by atoms with Crippen molar-refractivity contribution >= 4 is 5.97 Å². The Hall–Kier alpha value is -1.42. The predicted molar refractivity (Wildman–Crippen MR) is 48.7 cm³/mol. The summed E-state index contributed by atoms with van der Waals surface area (Å²) in [5.41, 5.74) is 0.479. The van der Waals surface area contributed by atoms with E-state index in [0.29, 0.717) is 5.56 Å². The second-order valence-electron chi connectivity index (χ2n) is 2.52. The lowest BCUT2D eigenvalue weighted by atomic mass is 10.2. The van der Waals surface area contributed by atoms with Crippen LogP contribution in [0.5, 0.6) is 0 Å². The van der Waals surface area contributed by atoms with Crippen molar-refractivity contribution in [3.05, 3.63) is 35.9 Å². The minimum atomic E-state index is -0.858. The highest BCUT2D eigenvalue weighted by Crippen LogP contribution is 2.00. The van der Waals surface area contributed by atoms with Gasteiger partial charge in [0.05, 0.1) is 12.2 Å². The van der Waals surface area contributed by atoms with Gasteiger partial charge in [-0.3, -0.25) is 0 Å². The van der Waals surface area contributed by atoms with Crippen LogP contribution in [-0.4, -0.2) is 26.0 Å². The van der Waals surface area contributed by atoms with E-state index in [-0.39, 0.29) is 13.2 Å². The number of carbonyl (C=O) groups is 1. The van der Waals surface area contributed by atoms with Crippen molar-refractivity contribution < 1.29 is 18.7 Å². The Balaban J connectivity index is 2.29. The number of halogens is 1. The smallest absolute Gasteiger partial charge is 0.338 e. The summed E-state index contributed by atoms with van der Waals surface area (Å²) in [6.07, 6.45) is 0. The molecule has 0 saturated carbocycles. The normalized spacial score (nSPS) is 9.79. The summed E-state index contributed by atoms with van der Waals surface area (Å²) >= 11 is 0. The van der Waals surface area contributed by atoms with Crippen LogP contribution in [0.1, 0.15) is 10.4 Å². The first-order chi connectivity index (χ1) is 6.84. The van der Waals surface area contributed by atoms with E-state index >= 15 is 0 Å². The number of benzene rings is 1. The molecule has 76 valence electrons. The van der Waals surface area contributed by atoms with Crippen molar-refractivity contribution in [3.8, 4) is 0 Å². The maximum Gasteiger partial charge on any atom is 0.338 e. The molecule has 0 aliphatic rings. The number of ether oxygens (including phenoxy) is 2. The zero-order valence-electron chi connectivity index (χ0n) is 7.61. The maximum atomic E-state index is 11.5. The van der Waals surface area contributed by atoms with Gasteiger partial charge < -0.3 is 9.47 Å². The van der Waals surface area contributed by atoms with Crippen LogP contribution < -0.4 is 0 Å². The van der Waals surface area contributed by atoms with Crippen molar-refractivity contribution in [3.63, 3.8) is 0 Å². The molecule has 0 saturated heterocycles. The summed E-state index contributed by atoms with van der Waals surface area (Å²) in [6.45, 7) is -0.713. The van der Waals surface area contributed by atoms with Gasteiger partial charge in [-0.05, 0) is 12.1 Å². The average molecular weight is 198 g/mol. The molecule has 1 aromatic carbocycles. The molecule has 0 aliphatic carbocycles. The fourth-order valence-electron chi connectivity index (χ4n) is 0.905. The van der Waals surface area contributed by atoms with E-state index in [4.69, 9.17) is 4.74 Å². The molecule has 0 unspecified atom stereocenters.